The Morgan fingerprint density at radius 3 is 2.31 bits per heavy atom. The molecule has 7 heteroatoms. The van der Waals surface area contributed by atoms with Gasteiger partial charge in [0, 0.05) is 51.6 Å². The summed E-state index contributed by atoms with van der Waals surface area (Å²) in [4.78, 5) is 16.8. The van der Waals surface area contributed by atoms with Gasteiger partial charge < -0.3 is 29.9 Å². The number of hydrogen-bond acceptors (Lipinski definition) is 6. The smallest absolute Gasteiger partial charge is 0.227 e. The molecule has 1 heterocycles. The van der Waals surface area contributed by atoms with E-state index >= 15 is 0 Å². The number of nitrogens with zero attached hydrogens (tertiary/aromatic N) is 2. The van der Waals surface area contributed by atoms with E-state index in [4.69, 9.17) is 9.47 Å². The standard InChI is InChI=1S/C25H36N4O3/c1-28(2)22-8-6-21(7-9-22)27-13-12-26-11-5-14-29-15-10-19-16-23(31-3)24(32-4)17-20(19)18-25(29)30/h6-9,16-17,26-27H,5,10-15,18H2,1-4H3. The van der Waals surface area contributed by atoms with Gasteiger partial charge in [0.05, 0.1) is 20.6 Å². The van der Waals surface area contributed by atoms with Crippen molar-refractivity contribution in [3.05, 3.63) is 47.5 Å². The van der Waals surface area contributed by atoms with E-state index in [1.54, 1.807) is 14.2 Å². The zero-order valence-corrected chi connectivity index (χ0v) is 19.7. The number of carbonyl (C=O) groups is 1. The van der Waals surface area contributed by atoms with E-state index in [1.165, 1.54) is 11.3 Å². The van der Waals surface area contributed by atoms with Gasteiger partial charge in [0.25, 0.3) is 0 Å². The van der Waals surface area contributed by atoms with Crippen molar-refractivity contribution < 1.29 is 14.3 Å². The van der Waals surface area contributed by atoms with Crippen LogP contribution in [0.25, 0.3) is 0 Å². The fraction of sp³-hybridized carbons (Fsp3) is 0.480. The average Bonchev–Trinajstić information content (AvgIpc) is 2.95. The van der Waals surface area contributed by atoms with Gasteiger partial charge in [0.2, 0.25) is 5.91 Å². The number of fused-ring (bicyclic) bond motifs is 1. The predicted octanol–water partition coefficient (Wildman–Crippen LogP) is 2.79. The first-order chi connectivity index (χ1) is 15.5. The molecule has 0 unspecified atom stereocenters. The molecule has 32 heavy (non-hydrogen) atoms. The zero-order valence-electron chi connectivity index (χ0n) is 19.7. The Hall–Kier alpha value is -2.93. The maximum absolute atomic E-state index is 12.7. The van der Waals surface area contributed by atoms with Gasteiger partial charge >= 0.3 is 0 Å². The molecule has 1 amide bonds. The minimum absolute atomic E-state index is 0.179. The van der Waals surface area contributed by atoms with E-state index < -0.39 is 0 Å². The largest absolute Gasteiger partial charge is 0.493 e. The van der Waals surface area contributed by atoms with Crippen LogP contribution in [-0.4, -0.2) is 71.8 Å². The highest BCUT2D eigenvalue weighted by molar-refractivity contribution is 5.80. The van der Waals surface area contributed by atoms with Crippen molar-refractivity contribution in [1.82, 2.24) is 10.2 Å². The zero-order chi connectivity index (χ0) is 22.9. The fourth-order valence-electron chi connectivity index (χ4n) is 3.94. The van der Waals surface area contributed by atoms with Crippen LogP contribution >= 0.6 is 0 Å². The van der Waals surface area contributed by atoms with E-state index in [9.17, 15) is 4.79 Å². The molecule has 0 bridgehead atoms. The number of rotatable bonds is 11. The lowest BCUT2D eigenvalue weighted by molar-refractivity contribution is -0.130. The van der Waals surface area contributed by atoms with Crippen molar-refractivity contribution in [3.8, 4) is 11.5 Å². The second-order valence-corrected chi connectivity index (χ2v) is 8.26. The Bertz CT molecular complexity index is 884. The summed E-state index contributed by atoms with van der Waals surface area (Å²) in [5, 5.41) is 6.89. The molecule has 2 aromatic carbocycles. The Morgan fingerprint density at radius 1 is 0.969 bits per heavy atom. The van der Waals surface area contributed by atoms with Crippen LogP contribution in [0.5, 0.6) is 11.5 Å². The minimum atomic E-state index is 0.179. The van der Waals surface area contributed by atoms with Crippen molar-refractivity contribution >= 4 is 17.3 Å². The SMILES string of the molecule is COc1cc2c(cc1OC)CC(=O)N(CCCNCCNc1ccc(N(C)C)cc1)CC2. The monoisotopic (exact) mass is 440 g/mol. The Balaban J connectivity index is 1.36. The summed E-state index contributed by atoms with van der Waals surface area (Å²) in [7, 11) is 7.34. The molecule has 2 N–H and O–H groups in total. The first-order valence-electron chi connectivity index (χ1n) is 11.3. The molecule has 0 aromatic heterocycles. The third-order valence-corrected chi connectivity index (χ3v) is 5.85. The lowest BCUT2D eigenvalue weighted by Crippen LogP contribution is -2.35. The maximum Gasteiger partial charge on any atom is 0.227 e. The van der Waals surface area contributed by atoms with Crippen LogP contribution in [0.15, 0.2) is 36.4 Å². The lowest BCUT2D eigenvalue weighted by Gasteiger charge is -2.20. The molecule has 0 spiro atoms. The normalized spacial score (nSPS) is 13.4. The molecule has 0 saturated heterocycles. The second kappa shape index (κ2) is 11.6. The Morgan fingerprint density at radius 2 is 1.66 bits per heavy atom. The number of nitrogens with one attached hydrogen (secondary N) is 2. The summed E-state index contributed by atoms with van der Waals surface area (Å²) in [6.45, 7) is 4.15. The van der Waals surface area contributed by atoms with Crippen molar-refractivity contribution in [3.63, 3.8) is 0 Å². The van der Waals surface area contributed by atoms with Crippen molar-refractivity contribution in [1.29, 1.82) is 0 Å². The molecule has 2 aromatic rings. The molecule has 1 aliphatic rings. The molecule has 174 valence electrons. The van der Waals surface area contributed by atoms with Crippen molar-refractivity contribution in [2.24, 2.45) is 0 Å². The van der Waals surface area contributed by atoms with Gasteiger partial charge in [-0.05, 0) is 66.9 Å². The van der Waals surface area contributed by atoms with Crippen molar-refractivity contribution in [2.75, 3.05) is 71.3 Å². The maximum atomic E-state index is 12.7. The summed E-state index contributed by atoms with van der Waals surface area (Å²) in [5.41, 5.74) is 4.53. The average molecular weight is 441 g/mol. The molecule has 0 fully saturated rings. The van der Waals surface area contributed by atoms with E-state index in [0.717, 1.165) is 62.6 Å². The highest BCUT2D eigenvalue weighted by atomic mass is 16.5. The molecule has 0 aliphatic carbocycles. The molecular formula is C25H36N4O3. The highest BCUT2D eigenvalue weighted by Crippen LogP contribution is 2.32. The van der Waals surface area contributed by atoms with Crippen LogP contribution in [0, 0.1) is 0 Å². The van der Waals surface area contributed by atoms with Crippen LogP contribution in [0.4, 0.5) is 11.4 Å². The number of carbonyl (C=O) groups excluding carboxylic acids is 1. The van der Waals surface area contributed by atoms with Gasteiger partial charge in [-0.2, -0.15) is 0 Å². The number of benzene rings is 2. The minimum Gasteiger partial charge on any atom is -0.493 e. The summed E-state index contributed by atoms with van der Waals surface area (Å²) in [5.74, 6) is 1.58. The quantitative estimate of drug-likeness (QED) is 0.524. The number of amides is 1. The molecule has 3 rings (SSSR count). The predicted molar refractivity (Wildman–Crippen MR) is 130 cm³/mol. The van der Waals surface area contributed by atoms with Gasteiger partial charge in [0.15, 0.2) is 11.5 Å². The number of ether oxygens (including phenoxy) is 2. The van der Waals surface area contributed by atoms with Gasteiger partial charge in [-0.15, -0.1) is 0 Å². The molecule has 7 nitrogen and oxygen atoms in total. The molecule has 1 aliphatic heterocycles. The van der Waals surface area contributed by atoms with Crippen LogP contribution in [-0.2, 0) is 17.6 Å². The molecule has 0 atom stereocenters. The van der Waals surface area contributed by atoms with Gasteiger partial charge in [-0.25, -0.2) is 0 Å². The summed E-state index contributed by atoms with van der Waals surface area (Å²) >= 11 is 0. The van der Waals surface area contributed by atoms with E-state index in [-0.39, 0.29) is 5.91 Å². The van der Waals surface area contributed by atoms with Crippen LogP contribution < -0.4 is 25.0 Å². The van der Waals surface area contributed by atoms with E-state index in [1.807, 2.05) is 31.1 Å². The summed E-state index contributed by atoms with van der Waals surface area (Å²) in [6.07, 6.45) is 2.19. The Kier molecular flexibility index (Phi) is 8.62. The Labute approximate surface area is 191 Å². The number of anilines is 2. The third kappa shape index (κ3) is 6.29. The first-order valence-corrected chi connectivity index (χ1v) is 11.3. The highest BCUT2D eigenvalue weighted by Gasteiger charge is 2.22. The van der Waals surface area contributed by atoms with Gasteiger partial charge in [-0.1, -0.05) is 0 Å². The van der Waals surface area contributed by atoms with E-state index in [2.05, 4.69) is 39.8 Å². The van der Waals surface area contributed by atoms with Gasteiger partial charge in [0.1, 0.15) is 0 Å². The third-order valence-electron chi connectivity index (χ3n) is 5.85. The topological polar surface area (TPSA) is 66.1 Å². The van der Waals surface area contributed by atoms with E-state index in [0.29, 0.717) is 12.2 Å². The molecular weight excluding hydrogens is 404 g/mol. The first kappa shape index (κ1) is 23.7. The second-order valence-electron chi connectivity index (χ2n) is 8.26. The van der Waals surface area contributed by atoms with Crippen LogP contribution in [0.2, 0.25) is 0 Å². The summed E-state index contributed by atoms with van der Waals surface area (Å²) in [6, 6.07) is 12.4. The van der Waals surface area contributed by atoms with Crippen molar-refractivity contribution in [2.45, 2.75) is 19.3 Å². The van der Waals surface area contributed by atoms with Crippen LogP contribution in [0.3, 0.4) is 0 Å². The van der Waals surface area contributed by atoms with Crippen LogP contribution in [0.1, 0.15) is 17.5 Å². The molecule has 0 saturated carbocycles. The molecule has 0 radical (unpaired) electrons. The number of hydrogen-bond donors (Lipinski definition) is 2. The fourth-order valence-corrected chi connectivity index (χ4v) is 3.94. The lowest BCUT2D eigenvalue weighted by atomic mass is 10.0. The summed E-state index contributed by atoms with van der Waals surface area (Å²) < 4.78 is 10.8. The number of methoxy groups -OCH3 is 2. The van der Waals surface area contributed by atoms with Gasteiger partial charge in [-0.3, -0.25) is 4.79 Å².